The average molecular weight is 277 g/mol. The molecule has 3 heteroatoms. The van der Waals surface area contributed by atoms with Crippen LogP contribution in [-0.4, -0.2) is 24.6 Å². The lowest BCUT2D eigenvalue weighted by molar-refractivity contribution is 0.544. The SMILES string of the molecule is CCC(C)CN(CC)c1ccc(CNCC(C)C)cn1. The summed E-state index contributed by atoms with van der Waals surface area (Å²) in [7, 11) is 0. The molecular formula is C17H31N3. The Balaban J connectivity index is 2.55. The van der Waals surface area contributed by atoms with E-state index in [1.54, 1.807) is 0 Å². The van der Waals surface area contributed by atoms with Crippen molar-refractivity contribution in [3.8, 4) is 0 Å². The second kappa shape index (κ2) is 8.96. The van der Waals surface area contributed by atoms with Crippen LogP contribution in [0.1, 0.15) is 46.6 Å². The summed E-state index contributed by atoms with van der Waals surface area (Å²) in [5, 5.41) is 3.45. The Bertz CT molecular complexity index is 359. The molecule has 0 saturated heterocycles. The van der Waals surface area contributed by atoms with Crippen LogP contribution in [0.25, 0.3) is 0 Å². The van der Waals surface area contributed by atoms with Crippen molar-refractivity contribution in [1.29, 1.82) is 0 Å². The summed E-state index contributed by atoms with van der Waals surface area (Å²) in [6, 6.07) is 4.34. The maximum Gasteiger partial charge on any atom is 0.128 e. The Morgan fingerprint density at radius 1 is 1.20 bits per heavy atom. The predicted octanol–water partition coefficient (Wildman–Crippen LogP) is 3.70. The van der Waals surface area contributed by atoms with Crippen molar-refractivity contribution >= 4 is 5.82 Å². The van der Waals surface area contributed by atoms with Crippen molar-refractivity contribution < 1.29 is 0 Å². The third-order valence-corrected chi connectivity index (χ3v) is 3.63. The molecule has 3 nitrogen and oxygen atoms in total. The largest absolute Gasteiger partial charge is 0.357 e. The van der Waals surface area contributed by atoms with Gasteiger partial charge in [-0.3, -0.25) is 0 Å². The molecule has 0 spiro atoms. The van der Waals surface area contributed by atoms with E-state index in [1.807, 2.05) is 6.20 Å². The first-order valence-electron chi connectivity index (χ1n) is 7.97. The van der Waals surface area contributed by atoms with Crippen molar-refractivity contribution in [2.45, 2.75) is 47.6 Å². The van der Waals surface area contributed by atoms with Crippen LogP contribution in [0.15, 0.2) is 18.3 Å². The van der Waals surface area contributed by atoms with E-state index in [-0.39, 0.29) is 0 Å². The van der Waals surface area contributed by atoms with Gasteiger partial charge >= 0.3 is 0 Å². The molecule has 0 fully saturated rings. The van der Waals surface area contributed by atoms with Crippen LogP contribution in [-0.2, 0) is 6.54 Å². The highest BCUT2D eigenvalue weighted by atomic mass is 15.2. The minimum Gasteiger partial charge on any atom is -0.357 e. The molecule has 20 heavy (non-hydrogen) atoms. The van der Waals surface area contributed by atoms with E-state index in [4.69, 9.17) is 0 Å². The summed E-state index contributed by atoms with van der Waals surface area (Å²) in [6.07, 6.45) is 3.22. The fourth-order valence-corrected chi connectivity index (χ4v) is 2.10. The molecule has 0 aliphatic heterocycles. The summed E-state index contributed by atoms with van der Waals surface area (Å²) < 4.78 is 0. The molecule has 0 radical (unpaired) electrons. The highest BCUT2D eigenvalue weighted by Crippen LogP contribution is 2.14. The Kier molecular flexibility index (Phi) is 7.60. The van der Waals surface area contributed by atoms with E-state index in [1.165, 1.54) is 12.0 Å². The van der Waals surface area contributed by atoms with Crippen LogP contribution >= 0.6 is 0 Å². The maximum absolute atomic E-state index is 4.62. The number of aromatic nitrogens is 1. The van der Waals surface area contributed by atoms with Crippen molar-refractivity contribution in [1.82, 2.24) is 10.3 Å². The van der Waals surface area contributed by atoms with Gasteiger partial charge in [0.2, 0.25) is 0 Å². The number of anilines is 1. The molecule has 0 saturated carbocycles. The lowest BCUT2D eigenvalue weighted by Gasteiger charge is -2.25. The lowest BCUT2D eigenvalue weighted by atomic mass is 10.1. The number of pyridine rings is 1. The molecule has 114 valence electrons. The van der Waals surface area contributed by atoms with E-state index < -0.39 is 0 Å². The van der Waals surface area contributed by atoms with Crippen molar-refractivity contribution in [3.05, 3.63) is 23.9 Å². The predicted molar refractivity (Wildman–Crippen MR) is 88.1 cm³/mol. The first kappa shape index (κ1) is 17.0. The minimum atomic E-state index is 0.688. The Morgan fingerprint density at radius 2 is 1.95 bits per heavy atom. The monoisotopic (exact) mass is 277 g/mol. The van der Waals surface area contributed by atoms with Gasteiger partial charge in [0.25, 0.3) is 0 Å². The van der Waals surface area contributed by atoms with Gasteiger partial charge in [-0.25, -0.2) is 4.98 Å². The Morgan fingerprint density at radius 3 is 2.45 bits per heavy atom. The molecule has 1 aromatic rings. The van der Waals surface area contributed by atoms with E-state index in [0.29, 0.717) is 11.8 Å². The average Bonchev–Trinajstić information content (AvgIpc) is 2.45. The molecular weight excluding hydrogens is 246 g/mol. The van der Waals surface area contributed by atoms with Gasteiger partial charge in [0.15, 0.2) is 0 Å². The second-order valence-corrected chi connectivity index (χ2v) is 6.10. The van der Waals surface area contributed by atoms with Crippen LogP contribution in [0.5, 0.6) is 0 Å². The summed E-state index contributed by atoms with van der Waals surface area (Å²) in [5.74, 6) is 2.50. The smallest absolute Gasteiger partial charge is 0.128 e. The quantitative estimate of drug-likeness (QED) is 0.746. The molecule has 1 N–H and O–H groups in total. The van der Waals surface area contributed by atoms with Gasteiger partial charge in [-0.1, -0.05) is 40.2 Å². The van der Waals surface area contributed by atoms with Gasteiger partial charge in [0, 0.05) is 25.8 Å². The Hall–Kier alpha value is -1.09. The van der Waals surface area contributed by atoms with Crippen LogP contribution < -0.4 is 10.2 Å². The van der Waals surface area contributed by atoms with E-state index in [0.717, 1.165) is 32.0 Å². The van der Waals surface area contributed by atoms with Crippen LogP contribution in [0.3, 0.4) is 0 Å². The van der Waals surface area contributed by atoms with Crippen LogP contribution in [0.2, 0.25) is 0 Å². The molecule has 0 amide bonds. The van der Waals surface area contributed by atoms with Crippen molar-refractivity contribution in [2.24, 2.45) is 11.8 Å². The molecule has 1 aromatic heterocycles. The van der Waals surface area contributed by atoms with E-state index >= 15 is 0 Å². The molecule has 0 aromatic carbocycles. The molecule has 1 unspecified atom stereocenters. The van der Waals surface area contributed by atoms with E-state index in [2.05, 4.69) is 62.0 Å². The summed E-state index contributed by atoms with van der Waals surface area (Å²) in [5.41, 5.74) is 1.26. The zero-order valence-corrected chi connectivity index (χ0v) is 13.8. The molecule has 0 aliphatic rings. The fraction of sp³-hybridized carbons (Fsp3) is 0.706. The number of hydrogen-bond acceptors (Lipinski definition) is 3. The number of nitrogens with one attached hydrogen (secondary N) is 1. The standard InChI is InChI=1S/C17H31N3/c1-6-15(5)13-20(7-2)17-9-8-16(12-19-17)11-18-10-14(3)4/h8-9,12,14-15,18H,6-7,10-11,13H2,1-5H3. The summed E-state index contributed by atoms with van der Waals surface area (Å²) >= 11 is 0. The van der Waals surface area contributed by atoms with E-state index in [9.17, 15) is 0 Å². The number of nitrogens with zero attached hydrogens (tertiary/aromatic N) is 2. The second-order valence-electron chi connectivity index (χ2n) is 6.10. The summed E-state index contributed by atoms with van der Waals surface area (Å²) in [4.78, 5) is 6.98. The number of rotatable bonds is 9. The van der Waals surface area contributed by atoms with Gasteiger partial charge in [-0.15, -0.1) is 0 Å². The first-order chi connectivity index (χ1) is 9.56. The fourth-order valence-electron chi connectivity index (χ4n) is 2.10. The van der Waals surface area contributed by atoms with Gasteiger partial charge < -0.3 is 10.2 Å². The molecule has 0 bridgehead atoms. The number of hydrogen-bond donors (Lipinski definition) is 1. The van der Waals surface area contributed by atoms with Gasteiger partial charge in [-0.2, -0.15) is 0 Å². The van der Waals surface area contributed by atoms with Crippen molar-refractivity contribution in [3.63, 3.8) is 0 Å². The lowest BCUT2D eigenvalue weighted by Crippen LogP contribution is -2.28. The zero-order chi connectivity index (χ0) is 15.0. The normalized spacial score (nSPS) is 12.7. The van der Waals surface area contributed by atoms with Crippen LogP contribution in [0, 0.1) is 11.8 Å². The van der Waals surface area contributed by atoms with Crippen LogP contribution in [0.4, 0.5) is 5.82 Å². The minimum absolute atomic E-state index is 0.688. The molecule has 1 atom stereocenters. The molecule has 0 aliphatic carbocycles. The third kappa shape index (κ3) is 5.91. The van der Waals surface area contributed by atoms with Gasteiger partial charge in [0.1, 0.15) is 5.82 Å². The Labute approximate surface area is 124 Å². The maximum atomic E-state index is 4.62. The van der Waals surface area contributed by atoms with Crippen molar-refractivity contribution in [2.75, 3.05) is 24.5 Å². The summed E-state index contributed by atoms with van der Waals surface area (Å²) in [6.45, 7) is 15.3. The third-order valence-electron chi connectivity index (χ3n) is 3.63. The molecule has 1 rings (SSSR count). The molecule has 1 heterocycles. The highest BCUT2D eigenvalue weighted by molar-refractivity contribution is 5.39. The van der Waals surface area contributed by atoms with Gasteiger partial charge in [-0.05, 0) is 36.9 Å². The topological polar surface area (TPSA) is 28.2 Å². The highest BCUT2D eigenvalue weighted by Gasteiger charge is 2.09. The zero-order valence-electron chi connectivity index (χ0n) is 13.8. The first-order valence-corrected chi connectivity index (χ1v) is 7.97. The van der Waals surface area contributed by atoms with Gasteiger partial charge in [0.05, 0.1) is 0 Å².